The largest absolute Gasteiger partial charge is 0.406 e. The highest BCUT2D eigenvalue weighted by Gasteiger charge is 2.31. The quantitative estimate of drug-likeness (QED) is 0.538. The van der Waals surface area contributed by atoms with Gasteiger partial charge < -0.3 is 5.32 Å². The summed E-state index contributed by atoms with van der Waals surface area (Å²) < 4.78 is 40.4. The molecule has 0 aliphatic carbocycles. The highest BCUT2D eigenvalue weighted by Crippen LogP contribution is 2.28. The van der Waals surface area contributed by atoms with Crippen molar-refractivity contribution < 1.29 is 18.0 Å². The van der Waals surface area contributed by atoms with Gasteiger partial charge in [-0.15, -0.1) is 10.2 Å². The second-order valence-electron chi connectivity index (χ2n) is 7.16. The molecule has 0 aliphatic rings. The molecule has 0 radical (unpaired) electrons. The molecule has 1 unspecified atom stereocenters. The molecular formula is C21H22F3N5OS. The molecule has 31 heavy (non-hydrogen) atoms. The Bertz CT molecular complexity index is 1050. The first-order valence-corrected chi connectivity index (χ1v) is 10.5. The van der Waals surface area contributed by atoms with Crippen LogP contribution in [0.2, 0.25) is 0 Å². The number of pyridine rings is 1. The normalized spacial score (nSPS) is 12.6. The van der Waals surface area contributed by atoms with Crippen LogP contribution < -0.4 is 5.32 Å². The van der Waals surface area contributed by atoms with Crippen LogP contribution in [-0.2, 0) is 11.3 Å². The number of aryl methyl sites for hydroxylation is 2. The summed E-state index contributed by atoms with van der Waals surface area (Å²) >= 11 is 0.916. The van der Waals surface area contributed by atoms with E-state index in [0.717, 1.165) is 33.0 Å². The first-order valence-electron chi connectivity index (χ1n) is 9.53. The lowest BCUT2D eigenvalue weighted by molar-refractivity contribution is -0.141. The van der Waals surface area contributed by atoms with E-state index in [1.807, 2.05) is 39.0 Å². The van der Waals surface area contributed by atoms with E-state index in [4.69, 9.17) is 0 Å². The molecule has 0 aliphatic heterocycles. The van der Waals surface area contributed by atoms with Crippen LogP contribution in [0.25, 0.3) is 11.4 Å². The molecule has 3 aromatic rings. The molecule has 2 heterocycles. The maximum atomic E-state index is 13.1. The number of carbonyl (C=O) groups is 1. The van der Waals surface area contributed by atoms with E-state index in [9.17, 15) is 18.0 Å². The Hall–Kier alpha value is -2.88. The van der Waals surface area contributed by atoms with Gasteiger partial charge in [-0.2, -0.15) is 13.2 Å². The Kier molecular flexibility index (Phi) is 6.99. The Morgan fingerprint density at radius 2 is 1.84 bits per heavy atom. The lowest BCUT2D eigenvalue weighted by Crippen LogP contribution is -2.28. The fraction of sp³-hybridized carbons (Fsp3) is 0.333. The van der Waals surface area contributed by atoms with Gasteiger partial charge in [-0.05, 0) is 49.6 Å². The standard InChI is InChI=1S/C21H22F3N5OS/c1-13-4-5-17(10-14(13)2)15(3)26-18(30)11-31-20-28-27-19(16-6-8-25-9-7-16)29(20)12-21(22,23)24/h4-10,15H,11-12H2,1-3H3,(H,26,30). The molecule has 0 fully saturated rings. The summed E-state index contributed by atoms with van der Waals surface area (Å²) in [7, 11) is 0. The van der Waals surface area contributed by atoms with Crippen molar-refractivity contribution in [2.24, 2.45) is 0 Å². The summed E-state index contributed by atoms with van der Waals surface area (Å²) in [6.45, 7) is 4.62. The first-order chi connectivity index (χ1) is 14.6. The summed E-state index contributed by atoms with van der Waals surface area (Å²) in [6, 6.07) is 8.83. The smallest absolute Gasteiger partial charge is 0.349 e. The minimum Gasteiger partial charge on any atom is -0.349 e. The van der Waals surface area contributed by atoms with Crippen molar-refractivity contribution in [3.63, 3.8) is 0 Å². The molecule has 0 saturated carbocycles. The summed E-state index contributed by atoms with van der Waals surface area (Å²) in [5, 5.41) is 10.7. The molecule has 1 amide bonds. The second-order valence-corrected chi connectivity index (χ2v) is 8.11. The number of aromatic nitrogens is 4. The Morgan fingerprint density at radius 1 is 1.13 bits per heavy atom. The van der Waals surface area contributed by atoms with Crippen molar-refractivity contribution in [2.45, 2.75) is 44.7 Å². The van der Waals surface area contributed by atoms with E-state index >= 15 is 0 Å². The maximum absolute atomic E-state index is 13.1. The van der Waals surface area contributed by atoms with Crippen molar-refractivity contribution in [1.82, 2.24) is 25.1 Å². The van der Waals surface area contributed by atoms with Crippen LogP contribution in [0.1, 0.15) is 29.7 Å². The van der Waals surface area contributed by atoms with E-state index in [1.165, 1.54) is 12.4 Å². The zero-order valence-electron chi connectivity index (χ0n) is 17.3. The number of rotatable bonds is 7. The maximum Gasteiger partial charge on any atom is 0.406 e. The number of nitrogens with one attached hydrogen (secondary N) is 1. The molecule has 1 aromatic carbocycles. The van der Waals surface area contributed by atoms with Crippen LogP contribution in [-0.4, -0.2) is 37.6 Å². The SMILES string of the molecule is Cc1ccc(C(C)NC(=O)CSc2nnc(-c3ccncc3)n2CC(F)(F)F)cc1C. The number of benzene rings is 1. The van der Waals surface area contributed by atoms with Gasteiger partial charge in [0.2, 0.25) is 5.91 Å². The van der Waals surface area contributed by atoms with E-state index < -0.39 is 12.7 Å². The number of alkyl halides is 3. The summed E-state index contributed by atoms with van der Waals surface area (Å²) in [6.07, 6.45) is -1.52. The van der Waals surface area contributed by atoms with Crippen molar-refractivity contribution in [2.75, 3.05) is 5.75 Å². The third-order valence-electron chi connectivity index (χ3n) is 4.73. The molecule has 10 heteroatoms. The van der Waals surface area contributed by atoms with Crippen LogP contribution in [0.15, 0.2) is 47.9 Å². The van der Waals surface area contributed by atoms with Gasteiger partial charge in [-0.3, -0.25) is 14.3 Å². The highest BCUT2D eigenvalue weighted by atomic mass is 32.2. The molecule has 1 atom stereocenters. The van der Waals surface area contributed by atoms with Crippen molar-refractivity contribution in [3.05, 3.63) is 59.4 Å². The van der Waals surface area contributed by atoms with Crippen LogP contribution in [0, 0.1) is 13.8 Å². The van der Waals surface area contributed by atoms with Gasteiger partial charge in [0.25, 0.3) is 0 Å². The van der Waals surface area contributed by atoms with Crippen LogP contribution >= 0.6 is 11.8 Å². The van der Waals surface area contributed by atoms with Crippen LogP contribution in [0.3, 0.4) is 0 Å². The molecule has 0 saturated heterocycles. The molecular weight excluding hydrogens is 427 g/mol. The second kappa shape index (κ2) is 9.51. The number of thioether (sulfide) groups is 1. The van der Waals surface area contributed by atoms with Crippen molar-refractivity contribution in [3.8, 4) is 11.4 Å². The molecule has 6 nitrogen and oxygen atoms in total. The Labute approximate surface area is 182 Å². The lowest BCUT2D eigenvalue weighted by Gasteiger charge is -2.16. The topological polar surface area (TPSA) is 72.7 Å². The van der Waals surface area contributed by atoms with Gasteiger partial charge in [-0.25, -0.2) is 0 Å². The number of amides is 1. The minimum absolute atomic E-state index is 0.0260. The molecule has 0 spiro atoms. The van der Waals surface area contributed by atoms with E-state index in [-0.39, 0.29) is 28.7 Å². The molecule has 3 rings (SSSR count). The number of carbonyl (C=O) groups excluding carboxylic acids is 1. The van der Waals surface area contributed by atoms with Crippen molar-refractivity contribution >= 4 is 17.7 Å². The molecule has 0 bridgehead atoms. The third-order valence-corrected chi connectivity index (χ3v) is 5.70. The lowest BCUT2D eigenvalue weighted by atomic mass is 10.0. The summed E-state index contributed by atoms with van der Waals surface area (Å²) in [5.41, 5.74) is 3.71. The molecule has 164 valence electrons. The molecule has 1 N–H and O–H groups in total. The zero-order valence-corrected chi connectivity index (χ0v) is 18.1. The highest BCUT2D eigenvalue weighted by molar-refractivity contribution is 7.99. The monoisotopic (exact) mass is 449 g/mol. The Morgan fingerprint density at radius 3 is 2.48 bits per heavy atom. The average Bonchev–Trinajstić information content (AvgIpc) is 3.09. The third kappa shape index (κ3) is 6.06. The van der Waals surface area contributed by atoms with Gasteiger partial charge in [0, 0.05) is 18.0 Å². The minimum atomic E-state index is -4.46. The summed E-state index contributed by atoms with van der Waals surface area (Å²) in [5.74, 6) is -0.310. The van der Waals surface area contributed by atoms with Crippen LogP contribution in [0.4, 0.5) is 13.2 Å². The van der Waals surface area contributed by atoms with Crippen LogP contribution in [0.5, 0.6) is 0 Å². The predicted molar refractivity (Wildman–Crippen MR) is 113 cm³/mol. The van der Waals surface area contributed by atoms with Gasteiger partial charge in [0.1, 0.15) is 6.54 Å². The first kappa shape index (κ1) is 22.8. The van der Waals surface area contributed by atoms with Gasteiger partial charge in [0.05, 0.1) is 11.8 Å². The Balaban J connectivity index is 1.71. The average molecular weight is 450 g/mol. The number of hydrogen-bond donors (Lipinski definition) is 1. The zero-order chi connectivity index (χ0) is 22.6. The molecule has 2 aromatic heterocycles. The predicted octanol–water partition coefficient (Wildman–Crippen LogP) is 4.49. The number of hydrogen-bond acceptors (Lipinski definition) is 5. The summed E-state index contributed by atoms with van der Waals surface area (Å²) in [4.78, 5) is 16.3. The fourth-order valence-electron chi connectivity index (χ4n) is 2.96. The van der Waals surface area contributed by atoms with Gasteiger partial charge in [-0.1, -0.05) is 30.0 Å². The van der Waals surface area contributed by atoms with E-state index in [2.05, 4.69) is 20.5 Å². The van der Waals surface area contributed by atoms with Gasteiger partial charge in [0.15, 0.2) is 11.0 Å². The number of nitrogens with zero attached hydrogens (tertiary/aromatic N) is 4. The van der Waals surface area contributed by atoms with Gasteiger partial charge >= 0.3 is 6.18 Å². The number of halogens is 3. The van der Waals surface area contributed by atoms with E-state index in [1.54, 1.807) is 12.1 Å². The van der Waals surface area contributed by atoms with E-state index in [0.29, 0.717) is 5.56 Å². The van der Waals surface area contributed by atoms with Crippen molar-refractivity contribution in [1.29, 1.82) is 0 Å². The fourth-order valence-corrected chi connectivity index (χ4v) is 3.71.